The first-order chi connectivity index (χ1) is 15.5. The Balaban J connectivity index is 2.53. The van der Waals surface area contributed by atoms with Gasteiger partial charge in [-0.1, -0.05) is 91.0 Å². The number of nitriles is 1. The van der Waals surface area contributed by atoms with Crippen LogP contribution in [-0.2, 0) is 9.53 Å². The number of esters is 1. The quantitative estimate of drug-likeness (QED) is 0.239. The van der Waals surface area contributed by atoms with Crippen LogP contribution in [0.3, 0.4) is 0 Å². The van der Waals surface area contributed by atoms with Crippen molar-refractivity contribution in [3.8, 4) is 6.07 Å². The summed E-state index contributed by atoms with van der Waals surface area (Å²) in [5.74, 6) is -0.370. The molecule has 0 radical (unpaired) electrons. The van der Waals surface area contributed by atoms with Crippen molar-refractivity contribution in [1.29, 1.82) is 5.26 Å². The van der Waals surface area contributed by atoms with Crippen molar-refractivity contribution < 1.29 is 9.53 Å². The maximum Gasteiger partial charge on any atom is 0.352 e. The maximum absolute atomic E-state index is 12.6. The Morgan fingerprint density at radius 1 is 0.875 bits per heavy atom. The van der Waals surface area contributed by atoms with Gasteiger partial charge in [-0.15, -0.1) is 0 Å². The molecule has 0 aliphatic heterocycles. The molecule has 3 aromatic carbocycles. The summed E-state index contributed by atoms with van der Waals surface area (Å²) < 4.78 is 10.4. The second-order valence-corrected chi connectivity index (χ2v) is 10.2. The summed E-state index contributed by atoms with van der Waals surface area (Å²) in [5, 5.41) is 12.9. The molecule has 0 saturated carbocycles. The number of hydrogen-bond acceptors (Lipinski definition) is 5. The molecule has 0 amide bonds. The Morgan fingerprint density at radius 3 is 1.59 bits per heavy atom. The summed E-state index contributed by atoms with van der Waals surface area (Å²) in [4.78, 5) is 14.3. The SMILES string of the molecule is CCOC(=O)/C(C#N)=C(\N=P(c1ccccc1)(c1ccccc1)c1ccccc1)N(C)C. The summed E-state index contributed by atoms with van der Waals surface area (Å²) >= 11 is 0. The van der Waals surface area contributed by atoms with E-state index in [9.17, 15) is 10.1 Å². The summed E-state index contributed by atoms with van der Waals surface area (Å²) in [6.07, 6.45) is 0. The van der Waals surface area contributed by atoms with Crippen molar-refractivity contribution >= 4 is 28.9 Å². The van der Waals surface area contributed by atoms with E-state index in [1.165, 1.54) is 0 Å². The van der Waals surface area contributed by atoms with Gasteiger partial charge in [0.15, 0.2) is 11.4 Å². The van der Waals surface area contributed by atoms with Crippen LogP contribution in [0, 0.1) is 11.3 Å². The Kier molecular flexibility index (Phi) is 7.65. The standard InChI is InChI=1S/C26H26N3O2P/c1-4-31-26(30)24(20-27)25(29(2)3)28-32(21-14-8-5-9-15-21,22-16-10-6-11-17-22)23-18-12-7-13-19-23/h5-19H,4H2,1-3H3/b25-24+. The molecule has 6 heteroatoms. The van der Waals surface area contributed by atoms with Crippen LogP contribution in [0.1, 0.15) is 6.92 Å². The zero-order chi connectivity index (χ0) is 23.0. The number of ether oxygens (including phenoxy) is 1. The molecular formula is C26H26N3O2P. The molecule has 0 saturated heterocycles. The number of hydrogen-bond donors (Lipinski definition) is 0. The summed E-state index contributed by atoms with van der Waals surface area (Å²) in [6, 6.07) is 32.2. The lowest BCUT2D eigenvalue weighted by atomic mass is 10.3. The Hall–Kier alpha value is -3.61. The highest BCUT2D eigenvalue weighted by Gasteiger charge is 2.30. The van der Waals surface area contributed by atoms with Crippen LogP contribution in [0.25, 0.3) is 0 Å². The molecule has 0 unspecified atom stereocenters. The molecule has 0 aliphatic carbocycles. The second kappa shape index (κ2) is 10.6. The summed E-state index contributed by atoms with van der Waals surface area (Å²) in [6.45, 7) is 1.90. The molecule has 32 heavy (non-hydrogen) atoms. The van der Waals surface area contributed by atoms with Crippen molar-refractivity contribution in [2.45, 2.75) is 6.92 Å². The predicted molar refractivity (Wildman–Crippen MR) is 131 cm³/mol. The average Bonchev–Trinajstić information content (AvgIpc) is 2.83. The first-order valence-corrected chi connectivity index (χ1v) is 12.1. The Bertz CT molecular complexity index is 1080. The Labute approximate surface area is 189 Å². The van der Waals surface area contributed by atoms with Gasteiger partial charge in [-0.05, 0) is 6.92 Å². The fraction of sp³-hybridized carbons (Fsp3) is 0.154. The number of nitrogens with zero attached hydrogens (tertiary/aromatic N) is 3. The van der Waals surface area contributed by atoms with E-state index in [0.717, 1.165) is 15.9 Å². The molecule has 0 fully saturated rings. The lowest BCUT2D eigenvalue weighted by Crippen LogP contribution is -2.27. The van der Waals surface area contributed by atoms with Gasteiger partial charge in [0.2, 0.25) is 0 Å². The molecule has 162 valence electrons. The van der Waals surface area contributed by atoms with Crippen LogP contribution in [0.5, 0.6) is 0 Å². The Morgan fingerprint density at radius 2 is 1.28 bits per heavy atom. The number of carbonyl (C=O) groups is 1. The van der Waals surface area contributed by atoms with E-state index < -0.39 is 13.0 Å². The molecular weight excluding hydrogens is 417 g/mol. The molecule has 0 bridgehead atoms. The fourth-order valence-corrected chi connectivity index (χ4v) is 7.06. The highest BCUT2D eigenvalue weighted by atomic mass is 31.2. The molecule has 3 rings (SSSR count). The van der Waals surface area contributed by atoms with Crippen molar-refractivity contribution in [2.24, 2.45) is 4.74 Å². The largest absolute Gasteiger partial charge is 0.462 e. The van der Waals surface area contributed by atoms with E-state index in [4.69, 9.17) is 9.48 Å². The minimum atomic E-state index is -2.62. The van der Waals surface area contributed by atoms with Gasteiger partial charge in [0, 0.05) is 30.0 Å². The summed E-state index contributed by atoms with van der Waals surface area (Å²) in [7, 11) is 0.943. The van der Waals surface area contributed by atoms with Crippen LogP contribution in [0.4, 0.5) is 0 Å². The van der Waals surface area contributed by atoms with Crippen molar-refractivity contribution in [2.75, 3.05) is 20.7 Å². The molecule has 0 N–H and O–H groups in total. The van der Waals surface area contributed by atoms with Crippen LogP contribution in [0.2, 0.25) is 0 Å². The highest BCUT2D eigenvalue weighted by Crippen LogP contribution is 2.48. The van der Waals surface area contributed by atoms with Gasteiger partial charge in [0.25, 0.3) is 0 Å². The lowest BCUT2D eigenvalue weighted by Gasteiger charge is -2.29. The number of benzene rings is 3. The first kappa shape index (κ1) is 23.1. The minimum absolute atomic E-state index is 0.107. The van der Waals surface area contributed by atoms with E-state index in [1.807, 2.05) is 60.7 Å². The predicted octanol–water partition coefficient (Wildman–Crippen LogP) is 4.02. The molecule has 0 atom stereocenters. The van der Waals surface area contributed by atoms with Gasteiger partial charge in [-0.2, -0.15) is 5.26 Å². The fourth-order valence-electron chi connectivity index (χ4n) is 3.45. The van der Waals surface area contributed by atoms with Crippen molar-refractivity contribution in [1.82, 2.24) is 4.90 Å². The summed E-state index contributed by atoms with van der Waals surface area (Å²) in [5.41, 5.74) is -0.107. The molecule has 0 aliphatic rings. The normalized spacial score (nSPS) is 11.7. The smallest absolute Gasteiger partial charge is 0.352 e. The molecule has 5 nitrogen and oxygen atoms in total. The van der Waals surface area contributed by atoms with Gasteiger partial charge in [-0.25, -0.2) is 9.54 Å². The molecule has 0 spiro atoms. The van der Waals surface area contributed by atoms with Gasteiger partial charge in [0.05, 0.1) is 13.7 Å². The van der Waals surface area contributed by atoms with Gasteiger partial charge < -0.3 is 9.64 Å². The maximum atomic E-state index is 12.6. The zero-order valence-electron chi connectivity index (χ0n) is 18.5. The van der Waals surface area contributed by atoms with Gasteiger partial charge in [-0.3, -0.25) is 0 Å². The van der Waals surface area contributed by atoms with E-state index in [2.05, 4.69) is 36.4 Å². The molecule has 0 aromatic heterocycles. The van der Waals surface area contributed by atoms with Crippen LogP contribution >= 0.6 is 7.05 Å². The van der Waals surface area contributed by atoms with Crippen LogP contribution in [-0.4, -0.2) is 31.6 Å². The van der Waals surface area contributed by atoms with Crippen molar-refractivity contribution in [3.05, 3.63) is 102 Å². The van der Waals surface area contributed by atoms with Crippen LogP contribution in [0.15, 0.2) is 107 Å². The third-order valence-corrected chi connectivity index (χ3v) is 8.50. The first-order valence-electron chi connectivity index (χ1n) is 10.3. The van der Waals surface area contributed by atoms with Gasteiger partial charge in [0.1, 0.15) is 6.07 Å². The van der Waals surface area contributed by atoms with E-state index >= 15 is 0 Å². The van der Waals surface area contributed by atoms with Crippen LogP contribution < -0.4 is 15.9 Å². The minimum Gasteiger partial charge on any atom is -0.462 e. The third-order valence-electron chi connectivity index (χ3n) is 4.87. The molecule has 0 heterocycles. The monoisotopic (exact) mass is 443 g/mol. The van der Waals surface area contributed by atoms with E-state index in [-0.39, 0.29) is 12.2 Å². The van der Waals surface area contributed by atoms with Crippen molar-refractivity contribution in [3.63, 3.8) is 0 Å². The van der Waals surface area contributed by atoms with E-state index in [0.29, 0.717) is 5.82 Å². The lowest BCUT2D eigenvalue weighted by molar-refractivity contribution is -0.138. The average molecular weight is 443 g/mol. The third kappa shape index (κ3) is 4.66. The van der Waals surface area contributed by atoms with E-state index in [1.54, 1.807) is 25.9 Å². The highest BCUT2D eigenvalue weighted by molar-refractivity contribution is 7.87. The molecule has 3 aromatic rings. The number of rotatable bonds is 7. The van der Waals surface area contributed by atoms with Gasteiger partial charge >= 0.3 is 5.97 Å². The second-order valence-electron chi connectivity index (χ2n) is 7.17. The zero-order valence-corrected chi connectivity index (χ0v) is 19.4. The topological polar surface area (TPSA) is 65.7 Å². The number of carbonyl (C=O) groups excluding carboxylic acids is 1.